The van der Waals surface area contributed by atoms with Gasteiger partial charge in [-0.25, -0.2) is 0 Å². The molecule has 0 aromatic heterocycles. The lowest BCUT2D eigenvalue weighted by Gasteiger charge is -2.24. The molecule has 2 bridgehead atoms. The molecule has 0 aliphatic heterocycles. The summed E-state index contributed by atoms with van der Waals surface area (Å²) in [5.74, 6) is -2.62. The molecule has 4 unspecified atom stereocenters. The number of hydrogen-bond acceptors (Lipinski definition) is 3. The molecule has 6 heteroatoms. The summed E-state index contributed by atoms with van der Waals surface area (Å²) in [6, 6.07) is 5.07. The van der Waals surface area contributed by atoms with Gasteiger partial charge in [0, 0.05) is 17.8 Å². The molecule has 0 spiro atoms. The van der Waals surface area contributed by atoms with Crippen LogP contribution in [0.4, 0.5) is 5.69 Å². The number of carbonyl (C=O) groups is 3. The van der Waals surface area contributed by atoms with Crippen LogP contribution in [-0.2, 0) is 9.59 Å². The van der Waals surface area contributed by atoms with Crippen LogP contribution >= 0.6 is 0 Å². The molecule has 3 N–H and O–H groups in total. The van der Waals surface area contributed by atoms with E-state index in [1.807, 2.05) is 26.0 Å². The summed E-state index contributed by atoms with van der Waals surface area (Å²) in [6.45, 7) is 4.21. The van der Waals surface area contributed by atoms with Gasteiger partial charge in [0.2, 0.25) is 5.91 Å². The predicted octanol–water partition coefficient (Wildman–Crippen LogP) is 2.21. The van der Waals surface area contributed by atoms with Gasteiger partial charge in [0.1, 0.15) is 0 Å². The van der Waals surface area contributed by atoms with Crippen molar-refractivity contribution in [2.24, 2.45) is 23.7 Å². The van der Waals surface area contributed by atoms with Crippen molar-refractivity contribution in [2.45, 2.75) is 20.3 Å². The standard InChI is InChI=1S/C19H22N2O4/c1-3-20-17(22)13-6-7-14(10(2)8-13)21-18(23)15-11-4-5-12(9-11)16(15)19(24)25/h4-8,11-12,15-16H,3,9H2,1-2H3,(H,20,22)(H,21,23)(H,24,25). The molecule has 132 valence electrons. The largest absolute Gasteiger partial charge is 0.481 e. The van der Waals surface area contributed by atoms with Crippen LogP contribution in [0.3, 0.4) is 0 Å². The summed E-state index contributed by atoms with van der Waals surface area (Å²) < 4.78 is 0. The Morgan fingerprint density at radius 1 is 1.16 bits per heavy atom. The van der Waals surface area contributed by atoms with Crippen LogP contribution in [-0.4, -0.2) is 29.4 Å². The van der Waals surface area contributed by atoms with Crippen LogP contribution in [0.25, 0.3) is 0 Å². The highest BCUT2D eigenvalue weighted by Crippen LogP contribution is 2.48. The SMILES string of the molecule is CCNC(=O)c1ccc(NC(=O)C2C3C=CC(C3)C2C(=O)O)c(C)c1. The van der Waals surface area contributed by atoms with Crippen LogP contribution in [0.1, 0.15) is 29.3 Å². The normalized spacial score (nSPS) is 26.5. The minimum Gasteiger partial charge on any atom is -0.481 e. The maximum absolute atomic E-state index is 12.7. The van der Waals surface area contributed by atoms with E-state index in [4.69, 9.17) is 0 Å². The van der Waals surface area contributed by atoms with E-state index in [0.717, 1.165) is 12.0 Å². The van der Waals surface area contributed by atoms with E-state index in [0.29, 0.717) is 17.8 Å². The van der Waals surface area contributed by atoms with E-state index >= 15 is 0 Å². The quantitative estimate of drug-likeness (QED) is 0.715. The van der Waals surface area contributed by atoms with Crippen molar-refractivity contribution in [3.8, 4) is 0 Å². The summed E-state index contributed by atoms with van der Waals surface area (Å²) in [5, 5.41) is 15.0. The van der Waals surface area contributed by atoms with E-state index < -0.39 is 17.8 Å². The molecule has 0 saturated heterocycles. The third-order valence-electron chi connectivity index (χ3n) is 5.13. The molecule has 3 rings (SSSR count). The van der Waals surface area contributed by atoms with Gasteiger partial charge in [-0.2, -0.15) is 0 Å². The number of aliphatic carboxylic acids is 1. The average molecular weight is 342 g/mol. The van der Waals surface area contributed by atoms with Crippen molar-refractivity contribution < 1.29 is 19.5 Å². The Morgan fingerprint density at radius 3 is 2.44 bits per heavy atom. The molecule has 25 heavy (non-hydrogen) atoms. The highest BCUT2D eigenvalue weighted by Gasteiger charge is 2.51. The second kappa shape index (κ2) is 6.70. The molecule has 1 saturated carbocycles. The van der Waals surface area contributed by atoms with Crippen molar-refractivity contribution in [3.05, 3.63) is 41.5 Å². The molecular weight excluding hydrogens is 320 g/mol. The third kappa shape index (κ3) is 3.16. The first-order valence-electron chi connectivity index (χ1n) is 8.53. The fraction of sp³-hybridized carbons (Fsp3) is 0.421. The van der Waals surface area contributed by atoms with Gasteiger partial charge < -0.3 is 15.7 Å². The van der Waals surface area contributed by atoms with Gasteiger partial charge in [-0.05, 0) is 55.9 Å². The number of amides is 2. The highest BCUT2D eigenvalue weighted by atomic mass is 16.4. The first-order valence-corrected chi connectivity index (χ1v) is 8.53. The van der Waals surface area contributed by atoms with Gasteiger partial charge in [-0.3, -0.25) is 14.4 Å². The molecule has 2 amide bonds. The Bertz CT molecular complexity index is 756. The van der Waals surface area contributed by atoms with Gasteiger partial charge >= 0.3 is 5.97 Å². The number of rotatable bonds is 5. The van der Waals surface area contributed by atoms with Crippen molar-refractivity contribution in [1.82, 2.24) is 5.32 Å². The van der Waals surface area contributed by atoms with Crippen molar-refractivity contribution in [3.63, 3.8) is 0 Å². The topological polar surface area (TPSA) is 95.5 Å². The Hall–Kier alpha value is -2.63. The van der Waals surface area contributed by atoms with E-state index in [2.05, 4.69) is 10.6 Å². The Labute approximate surface area is 146 Å². The van der Waals surface area contributed by atoms with Gasteiger partial charge in [-0.1, -0.05) is 12.2 Å². The molecule has 1 fully saturated rings. The number of carboxylic acids is 1. The number of aryl methyl sites for hydroxylation is 1. The Balaban J connectivity index is 1.76. The molecule has 1 aromatic rings. The predicted molar refractivity (Wildman–Crippen MR) is 93.2 cm³/mol. The van der Waals surface area contributed by atoms with Crippen LogP contribution < -0.4 is 10.6 Å². The fourth-order valence-corrected chi connectivity index (χ4v) is 3.94. The van der Waals surface area contributed by atoms with Gasteiger partial charge in [-0.15, -0.1) is 0 Å². The van der Waals surface area contributed by atoms with Crippen LogP contribution in [0.15, 0.2) is 30.4 Å². The average Bonchev–Trinajstić information content (AvgIpc) is 3.17. The van der Waals surface area contributed by atoms with E-state index in [1.165, 1.54) is 0 Å². The number of carbonyl (C=O) groups excluding carboxylic acids is 2. The molecule has 0 radical (unpaired) electrons. The monoisotopic (exact) mass is 342 g/mol. The third-order valence-corrected chi connectivity index (χ3v) is 5.13. The second-order valence-electron chi connectivity index (χ2n) is 6.72. The first-order chi connectivity index (χ1) is 11.9. The number of nitrogens with one attached hydrogen (secondary N) is 2. The summed E-state index contributed by atoms with van der Waals surface area (Å²) in [5.41, 5.74) is 1.90. The van der Waals surface area contributed by atoms with Crippen molar-refractivity contribution in [2.75, 3.05) is 11.9 Å². The minimum atomic E-state index is -0.916. The summed E-state index contributed by atoms with van der Waals surface area (Å²) in [4.78, 5) is 36.1. The number of allylic oxidation sites excluding steroid dienone is 2. The summed E-state index contributed by atoms with van der Waals surface area (Å²) >= 11 is 0. The number of carboxylic acid groups (broad SMARTS) is 1. The number of hydrogen-bond donors (Lipinski definition) is 3. The zero-order chi connectivity index (χ0) is 18.1. The molecule has 2 aliphatic rings. The van der Waals surface area contributed by atoms with E-state index in [1.54, 1.807) is 18.2 Å². The van der Waals surface area contributed by atoms with Gasteiger partial charge in [0.25, 0.3) is 5.91 Å². The molecule has 2 aliphatic carbocycles. The lowest BCUT2D eigenvalue weighted by Crippen LogP contribution is -2.36. The van der Waals surface area contributed by atoms with Gasteiger partial charge in [0.15, 0.2) is 0 Å². The first kappa shape index (κ1) is 17.2. The van der Waals surface area contributed by atoms with Crippen molar-refractivity contribution >= 4 is 23.5 Å². The number of fused-ring (bicyclic) bond motifs is 2. The molecule has 0 heterocycles. The minimum absolute atomic E-state index is 0.0130. The van der Waals surface area contributed by atoms with Crippen LogP contribution in [0.5, 0.6) is 0 Å². The number of benzene rings is 1. The maximum Gasteiger partial charge on any atom is 0.307 e. The fourth-order valence-electron chi connectivity index (χ4n) is 3.94. The Morgan fingerprint density at radius 2 is 1.84 bits per heavy atom. The lowest BCUT2D eigenvalue weighted by molar-refractivity contribution is -0.146. The smallest absolute Gasteiger partial charge is 0.307 e. The molecule has 1 aromatic carbocycles. The molecular formula is C19H22N2O4. The highest BCUT2D eigenvalue weighted by molar-refractivity contribution is 5.98. The summed E-state index contributed by atoms with van der Waals surface area (Å²) in [6.07, 6.45) is 4.60. The second-order valence-corrected chi connectivity index (χ2v) is 6.72. The van der Waals surface area contributed by atoms with Crippen molar-refractivity contribution in [1.29, 1.82) is 0 Å². The lowest BCUT2D eigenvalue weighted by atomic mass is 9.82. The van der Waals surface area contributed by atoms with Crippen LogP contribution in [0, 0.1) is 30.6 Å². The maximum atomic E-state index is 12.7. The number of anilines is 1. The zero-order valence-electron chi connectivity index (χ0n) is 14.3. The van der Waals surface area contributed by atoms with Gasteiger partial charge in [0.05, 0.1) is 11.8 Å². The van der Waals surface area contributed by atoms with E-state index in [-0.39, 0.29) is 23.7 Å². The Kier molecular flexibility index (Phi) is 4.61. The zero-order valence-corrected chi connectivity index (χ0v) is 14.3. The van der Waals surface area contributed by atoms with Crippen LogP contribution in [0.2, 0.25) is 0 Å². The summed E-state index contributed by atoms with van der Waals surface area (Å²) in [7, 11) is 0. The molecule has 6 nitrogen and oxygen atoms in total. The van der Waals surface area contributed by atoms with E-state index in [9.17, 15) is 19.5 Å². The molecule has 4 atom stereocenters.